The van der Waals surface area contributed by atoms with Gasteiger partial charge in [0, 0.05) is 24.5 Å². The molecule has 4 rings (SSSR count). The van der Waals surface area contributed by atoms with Crippen LogP contribution in [0.25, 0.3) is 11.1 Å². The van der Waals surface area contributed by atoms with E-state index in [4.69, 9.17) is 5.73 Å². The van der Waals surface area contributed by atoms with Crippen LogP contribution in [-0.2, 0) is 0 Å². The van der Waals surface area contributed by atoms with Gasteiger partial charge in [-0.05, 0) is 43.0 Å². The molecular weight excluding hydrogens is 347 g/mol. The van der Waals surface area contributed by atoms with Crippen molar-refractivity contribution in [1.82, 2.24) is 25.1 Å². The number of amides is 1. The summed E-state index contributed by atoms with van der Waals surface area (Å²) in [5.41, 5.74) is 8.24. The van der Waals surface area contributed by atoms with Gasteiger partial charge in [-0.3, -0.25) is 9.89 Å². The first-order chi connectivity index (χ1) is 13.1. The molecule has 1 atom stereocenters. The second kappa shape index (κ2) is 7.14. The van der Waals surface area contributed by atoms with Crippen LogP contribution in [0, 0.1) is 5.82 Å². The number of nitrogens with two attached hydrogens (primary N) is 1. The third-order valence-corrected chi connectivity index (χ3v) is 4.78. The van der Waals surface area contributed by atoms with E-state index >= 15 is 0 Å². The van der Waals surface area contributed by atoms with Gasteiger partial charge in [-0.2, -0.15) is 5.10 Å². The third-order valence-electron chi connectivity index (χ3n) is 4.78. The molecule has 0 bridgehead atoms. The molecule has 1 aliphatic rings. The maximum atomic E-state index is 13.8. The molecule has 138 valence electrons. The van der Waals surface area contributed by atoms with Crippen LogP contribution in [0.2, 0.25) is 0 Å². The normalized spacial score (nSPS) is 17.1. The van der Waals surface area contributed by atoms with Gasteiger partial charge in [-0.1, -0.05) is 12.1 Å². The first-order valence-corrected chi connectivity index (χ1v) is 8.82. The number of likely N-dealkylation sites (tertiary alicyclic amines) is 1. The average Bonchev–Trinajstić information content (AvgIpc) is 3.22. The number of piperidine rings is 1. The Morgan fingerprint density at radius 3 is 2.96 bits per heavy atom. The van der Waals surface area contributed by atoms with Crippen molar-refractivity contribution in [3.05, 3.63) is 59.9 Å². The Balaban J connectivity index is 1.78. The molecule has 2 aromatic heterocycles. The number of anilines is 1. The molecule has 3 heterocycles. The van der Waals surface area contributed by atoms with E-state index in [1.165, 1.54) is 12.1 Å². The van der Waals surface area contributed by atoms with E-state index in [2.05, 4.69) is 20.2 Å². The van der Waals surface area contributed by atoms with E-state index in [0.717, 1.165) is 19.3 Å². The lowest BCUT2D eigenvalue weighted by Crippen LogP contribution is -2.39. The molecule has 27 heavy (non-hydrogen) atoms. The SMILES string of the molecule is Nc1ncc(-c2cccc(F)c2)c(C2CCCCN2C(=O)c2ccn[nH]2)n1. The topological polar surface area (TPSA) is 101 Å². The number of aromatic nitrogens is 4. The maximum absolute atomic E-state index is 13.8. The van der Waals surface area contributed by atoms with Crippen LogP contribution in [0.1, 0.15) is 41.5 Å². The number of halogens is 1. The lowest BCUT2D eigenvalue weighted by atomic mass is 9.93. The van der Waals surface area contributed by atoms with Crippen LogP contribution in [0.15, 0.2) is 42.7 Å². The van der Waals surface area contributed by atoms with E-state index in [9.17, 15) is 9.18 Å². The van der Waals surface area contributed by atoms with Crippen LogP contribution in [0.5, 0.6) is 0 Å². The molecule has 1 amide bonds. The summed E-state index contributed by atoms with van der Waals surface area (Å²) in [4.78, 5) is 23.3. The number of hydrogen-bond acceptors (Lipinski definition) is 5. The minimum absolute atomic E-state index is 0.129. The Morgan fingerprint density at radius 2 is 2.19 bits per heavy atom. The van der Waals surface area contributed by atoms with Gasteiger partial charge in [0.2, 0.25) is 5.95 Å². The van der Waals surface area contributed by atoms with Gasteiger partial charge < -0.3 is 10.6 Å². The van der Waals surface area contributed by atoms with Crippen LogP contribution >= 0.6 is 0 Å². The molecule has 1 fully saturated rings. The van der Waals surface area contributed by atoms with Crippen molar-refractivity contribution in [3.8, 4) is 11.1 Å². The molecule has 3 aromatic rings. The van der Waals surface area contributed by atoms with Crippen LogP contribution < -0.4 is 5.73 Å². The van der Waals surface area contributed by atoms with E-state index in [1.807, 2.05) is 0 Å². The smallest absolute Gasteiger partial charge is 0.272 e. The monoisotopic (exact) mass is 366 g/mol. The van der Waals surface area contributed by atoms with Crippen LogP contribution in [0.4, 0.5) is 10.3 Å². The predicted molar refractivity (Wildman–Crippen MR) is 98.1 cm³/mol. The summed E-state index contributed by atoms with van der Waals surface area (Å²) < 4.78 is 13.8. The zero-order valence-corrected chi connectivity index (χ0v) is 14.6. The number of rotatable bonds is 3. The molecule has 3 N–H and O–H groups in total. The second-order valence-corrected chi connectivity index (χ2v) is 6.52. The van der Waals surface area contributed by atoms with Gasteiger partial charge in [0.1, 0.15) is 11.5 Å². The Bertz CT molecular complexity index is 959. The summed E-state index contributed by atoms with van der Waals surface area (Å²) >= 11 is 0. The molecule has 1 aromatic carbocycles. The standard InChI is InChI=1S/C19H19FN6O/c20-13-5-3-4-12(10-13)14-11-22-19(21)24-17(14)16-6-1-2-9-26(16)18(27)15-7-8-23-25-15/h3-5,7-8,10-11,16H,1-2,6,9H2,(H,23,25)(H2,21,22,24). The fourth-order valence-electron chi connectivity index (χ4n) is 3.53. The molecule has 7 nitrogen and oxygen atoms in total. The molecule has 8 heteroatoms. The van der Waals surface area contributed by atoms with Gasteiger partial charge in [0.15, 0.2) is 0 Å². The van der Waals surface area contributed by atoms with E-state index < -0.39 is 0 Å². The van der Waals surface area contributed by atoms with Crippen molar-refractivity contribution in [2.75, 3.05) is 12.3 Å². The van der Waals surface area contributed by atoms with Gasteiger partial charge >= 0.3 is 0 Å². The van der Waals surface area contributed by atoms with Gasteiger partial charge in [-0.15, -0.1) is 0 Å². The number of nitrogen functional groups attached to an aromatic ring is 1. The van der Waals surface area contributed by atoms with Crippen LogP contribution in [-0.4, -0.2) is 37.5 Å². The number of aromatic amines is 1. The summed E-state index contributed by atoms with van der Waals surface area (Å²) in [6.07, 6.45) is 5.77. The Hall–Kier alpha value is -3.29. The summed E-state index contributed by atoms with van der Waals surface area (Å²) in [6, 6.07) is 7.64. The molecule has 1 saturated heterocycles. The fraction of sp³-hybridized carbons (Fsp3) is 0.263. The molecule has 0 aliphatic carbocycles. The highest BCUT2D eigenvalue weighted by molar-refractivity contribution is 5.92. The summed E-state index contributed by atoms with van der Waals surface area (Å²) in [5, 5.41) is 6.59. The Kier molecular flexibility index (Phi) is 4.53. The number of nitrogens with one attached hydrogen (secondary N) is 1. The van der Waals surface area contributed by atoms with E-state index in [0.29, 0.717) is 29.1 Å². The zero-order chi connectivity index (χ0) is 18.8. The van der Waals surface area contributed by atoms with Crippen LogP contribution in [0.3, 0.4) is 0 Å². The number of hydrogen-bond donors (Lipinski definition) is 2. The largest absolute Gasteiger partial charge is 0.368 e. The quantitative estimate of drug-likeness (QED) is 0.742. The Labute approximate surface area is 155 Å². The molecule has 0 saturated carbocycles. The highest BCUT2D eigenvalue weighted by Crippen LogP contribution is 2.36. The molecule has 1 aliphatic heterocycles. The third kappa shape index (κ3) is 3.38. The number of carbonyl (C=O) groups excluding carboxylic acids is 1. The van der Waals surface area contributed by atoms with E-state index in [-0.39, 0.29) is 23.7 Å². The number of carbonyl (C=O) groups is 1. The van der Waals surface area contributed by atoms with Gasteiger partial charge in [-0.25, -0.2) is 14.4 Å². The van der Waals surface area contributed by atoms with E-state index in [1.54, 1.807) is 35.5 Å². The minimum Gasteiger partial charge on any atom is -0.368 e. The highest BCUT2D eigenvalue weighted by Gasteiger charge is 2.32. The average molecular weight is 366 g/mol. The molecular formula is C19H19FN6O. The Morgan fingerprint density at radius 1 is 1.30 bits per heavy atom. The number of nitrogens with zero attached hydrogens (tertiary/aromatic N) is 4. The van der Waals surface area contributed by atoms with Crippen molar-refractivity contribution in [2.45, 2.75) is 25.3 Å². The van der Waals surface area contributed by atoms with Gasteiger partial charge in [0.05, 0.1) is 11.7 Å². The molecule has 0 spiro atoms. The lowest BCUT2D eigenvalue weighted by Gasteiger charge is -2.36. The first kappa shape index (κ1) is 17.1. The fourth-order valence-corrected chi connectivity index (χ4v) is 3.53. The summed E-state index contributed by atoms with van der Waals surface area (Å²) in [7, 11) is 0. The number of benzene rings is 1. The maximum Gasteiger partial charge on any atom is 0.272 e. The van der Waals surface area contributed by atoms with Gasteiger partial charge in [0.25, 0.3) is 5.91 Å². The van der Waals surface area contributed by atoms with Crippen molar-refractivity contribution in [2.24, 2.45) is 0 Å². The zero-order valence-electron chi connectivity index (χ0n) is 14.6. The lowest BCUT2D eigenvalue weighted by molar-refractivity contribution is 0.0600. The molecule has 0 radical (unpaired) electrons. The van der Waals surface area contributed by atoms with Crippen molar-refractivity contribution in [3.63, 3.8) is 0 Å². The van der Waals surface area contributed by atoms with Crippen molar-refractivity contribution >= 4 is 11.9 Å². The van der Waals surface area contributed by atoms with Crippen molar-refractivity contribution in [1.29, 1.82) is 0 Å². The summed E-state index contributed by atoms with van der Waals surface area (Å²) in [6.45, 7) is 0.606. The number of H-pyrrole nitrogens is 1. The van der Waals surface area contributed by atoms with Crippen molar-refractivity contribution < 1.29 is 9.18 Å². The molecule has 1 unspecified atom stereocenters. The predicted octanol–water partition coefficient (Wildman–Crippen LogP) is 2.96. The minimum atomic E-state index is -0.343. The second-order valence-electron chi connectivity index (χ2n) is 6.52. The first-order valence-electron chi connectivity index (χ1n) is 8.82. The highest BCUT2D eigenvalue weighted by atomic mass is 19.1. The summed E-state index contributed by atoms with van der Waals surface area (Å²) in [5.74, 6) is -0.353.